The molecular weight excluding hydrogens is 196 g/mol. The minimum absolute atomic E-state index is 0.139. The van der Waals surface area contributed by atoms with Crippen molar-refractivity contribution >= 4 is 0 Å². The third kappa shape index (κ3) is 9.21. The van der Waals surface area contributed by atoms with E-state index in [9.17, 15) is 5.11 Å². The predicted molar refractivity (Wildman–Crippen MR) is 72.6 cm³/mol. The maximum Gasteiger partial charge on any atom is 0.0537 e. The van der Waals surface area contributed by atoms with Crippen molar-refractivity contribution in [1.29, 1.82) is 0 Å². The van der Waals surface area contributed by atoms with Crippen LogP contribution in [-0.2, 0) is 0 Å². The van der Waals surface area contributed by atoms with Gasteiger partial charge in [0, 0.05) is 0 Å². The topological polar surface area (TPSA) is 20.2 Å². The molecule has 1 N–H and O–H groups in total. The van der Waals surface area contributed by atoms with Crippen LogP contribution in [0.2, 0.25) is 0 Å². The number of hydrogen-bond donors (Lipinski definition) is 1. The molecule has 0 saturated heterocycles. The highest BCUT2D eigenvalue weighted by molar-refractivity contribution is 4.61. The maximum atomic E-state index is 9.39. The molecule has 0 unspecified atom stereocenters. The van der Waals surface area contributed by atoms with E-state index in [-0.39, 0.29) is 6.10 Å². The van der Waals surface area contributed by atoms with Crippen molar-refractivity contribution in [1.82, 2.24) is 0 Å². The van der Waals surface area contributed by atoms with E-state index in [0.29, 0.717) is 5.92 Å². The number of rotatable bonds is 10. The first kappa shape index (κ1) is 16.0. The Bertz CT molecular complexity index is 142. The molecule has 16 heavy (non-hydrogen) atoms. The van der Waals surface area contributed by atoms with Crippen LogP contribution in [0.3, 0.4) is 0 Å². The van der Waals surface area contributed by atoms with E-state index in [0.717, 1.165) is 5.92 Å². The number of aliphatic hydroxyl groups is 1. The van der Waals surface area contributed by atoms with Crippen molar-refractivity contribution in [2.45, 2.75) is 85.2 Å². The van der Waals surface area contributed by atoms with Crippen LogP contribution in [0, 0.1) is 11.8 Å². The normalized spacial score (nSPS) is 17.1. The summed E-state index contributed by atoms with van der Waals surface area (Å²) in [6.07, 6.45) is 10.6. The van der Waals surface area contributed by atoms with Gasteiger partial charge >= 0.3 is 0 Å². The van der Waals surface area contributed by atoms with Crippen molar-refractivity contribution in [3.8, 4) is 0 Å². The second-order valence-corrected chi connectivity index (χ2v) is 5.60. The molecule has 0 fully saturated rings. The Morgan fingerprint density at radius 1 is 0.812 bits per heavy atom. The standard InChI is InChI=1S/C15H32O/c1-5-6-7-8-10-13(2)11-9-12-14(3)15(4)16/h13-16H,5-12H2,1-4H3/t13-,14-,15+/m1/s1. The van der Waals surface area contributed by atoms with E-state index in [1.165, 1.54) is 51.4 Å². The van der Waals surface area contributed by atoms with Crippen LogP contribution in [-0.4, -0.2) is 11.2 Å². The van der Waals surface area contributed by atoms with Crippen molar-refractivity contribution in [3.05, 3.63) is 0 Å². The number of hydrogen-bond acceptors (Lipinski definition) is 1. The summed E-state index contributed by atoms with van der Waals surface area (Å²) in [7, 11) is 0. The molecule has 0 saturated carbocycles. The summed E-state index contributed by atoms with van der Waals surface area (Å²) in [4.78, 5) is 0. The van der Waals surface area contributed by atoms with Gasteiger partial charge in [-0.3, -0.25) is 0 Å². The fourth-order valence-electron chi connectivity index (χ4n) is 2.09. The van der Waals surface area contributed by atoms with E-state index in [4.69, 9.17) is 0 Å². The second kappa shape index (κ2) is 10.1. The minimum atomic E-state index is -0.139. The lowest BCUT2D eigenvalue weighted by atomic mass is 9.93. The van der Waals surface area contributed by atoms with Crippen LogP contribution in [0.15, 0.2) is 0 Å². The first-order chi connectivity index (χ1) is 7.57. The van der Waals surface area contributed by atoms with Gasteiger partial charge in [0.2, 0.25) is 0 Å². The van der Waals surface area contributed by atoms with Gasteiger partial charge in [-0.05, 0) is 25.2 Å². The highest BCUT2D eigenvalue weighted by Gasteiger charge is 2.09. The van der Waals surface area contributed by atoms with Crippen LogP contribution in [0.5, 0.6) is 0 Å². The van der Waals surface area contributed by atoms with Crippen molar-refractivity contribution in [2.75, 3.05) is 0 Å². The fraction of sp³-hybridized carbons (Fsp3) is 1.00. The zero-order valence-corrected chi connectivity index (χ0v) is 11.8. The summed E-state index contributed by atoms with van der Waals surface area (Å²) < 4.78 is 0. The van der Waals surface area contributed by atoms with Gasteiger partial charge in [0.05, 0.1) is 6.10 Å². The molecule has 0 heterocycles. The zero-order chi connectivity index (χ0) is 12.4. The van der Waals surface area contributed by atoms with Gasteiger partial charge in [-0.15, -0.1) is 0 Å². The van der Waals surface area contributed by atoms with E-state index >= 15 is 0 Å². The lowest BCUT2D eigenvalue weighted by molar-refractivity contribution is 0.127. The highest BCUT2D eigenvalue weighted by atomic mass is 16.3. The molecule has 0 aromatic rings. The number of unbranched alkanes of at least 4 members (excludes halogenated alkanes) is 3. The van der Waals surface area contributed by atoms with Crippen molar-refractivity contribution in [3.63, 3.8) is 0 Å². The van der Waals surface area contributed by atoms with Gasteiger partial charge in [0.1, 0.15) is 0 Å². The lowest BCUT2D eigenvalue weighted by Crippen LogP contribution is -2.13. The molecule has 0 aromatic carbocycles. The zero-order valence-electron chi connectivity index (χ0n) is 11.8. The Morgan fingerprint density at radius 3 is 2.00 bits per heavy atom. The summed E-state index contributed by atoms with van der Waals surface area (Å²) in [5.74, 6) is 1.34. The van der Waals surface area contributed by atoms with Crippen LogP contribution in [0.4, 0.5) is 0 Å². The Labute approximate surface area is 103 Å². The molecule has 0 aliphatic carbocycles. The molecule has 0 rings (SSSR count). The molecule has 0 aromatic heterocycles. The van der Waals surface area contributed by atoms with Gasteiger partial charge in [-0.2, -0.15) is 0 Å². The average Bonchev–Trinajstić information content (AvgIpc) is 2.24. The van der Waals surface area contributed by atoms with Crippen LogP contribution < -0.4 is 0 Å². The third-order valence-electron chi connectivity index (χ3n) is 3.73. The lowest BCUT2D eigenvalue weighted by Gasteiger charge is -2.16. The van der Waals surface area contributed by atoms with Gasteiger partial charge in [0.15, 0.2) is 0 Å². The van der Waals surface area contributed by atoms with Crippen molar-refractivity contribution < 1.29 is 5.11 Å². The van der Waals surface area contributed by atoms with Gasteiger partial charge in [-0.1, -0.05) is 65.7 Å². The molecule has 0 amide bonds. The highest BCUT2D eigenvalue weighted by Crippen LogP contribution is 2.19. The Balaban J connectivity index is 3.33. The fourth-order valence-corrected chi connectivity index (χ4v) is 2.09. The molecule has 0 bridgehead atoms. The SMILES string of the molecule is CCCCCC[C@@H](C)CCC[C@@H](C)[C@H](C)O. The molecule has 1 nitrogen and oxygen atoms in total. The van der Waals surface area contributed by atoms with Crippen molar-refractivity contribution in [2.24, 2.45) is 11.8 Å². The summed E-state index contributed by atoms with van der Waals surface area (Å²) in [6, 6.07) is 0. The van der Waals surface area contributed by atoms with Gasteiger partial charge in [0.25, 0.3) is 0 Å². The van der Waals surface area contributed by atoms with E-state index in [1.807, 2.05) is 6.92 Å². The van der Waals surface area contributed by atoms with Gasteiger partial charge < -0.3 is 5.11 Å². The monoisotopic (exact) mass is 228 g/mol. The van der Waals surface area contributed by atoms with E-state index in [1.54, 1.807) is 0 Å². The summed E-state index contributed by atoms with van der Waals surface area (Å²) in [6.45, 7) is 8.69. The first-order valence-corrected chi connectivity index (χ1v) is 7.26. The molecule has 98 valence electrons. The quantitative estimate of drug-likeness (QED) is 0.533. The maximum absolute atomic E-state index is 9.39. The third-order valence-corrected chi connectivity index (χ3v) is 3.73. The Morgan fingerprint density at radius 2 is 1.44 bits per heavy atom. The first-order valence-electron chi connectivity index (χ1n) is 7.26. The van der Waals surface area contributed by atoms with Crippen LogP contribution in [0.1, 0.15) is 79.1 Å². The minimum Gasteiger partial charge on any atom is -0.393 e. The second-order valence-electron chi connectivity index (χ2n) is 5.60. The molecule has 0 radical (unpaired) electrons. The van der Waals surface area contributed by atoms with Gasteiger partial charge in [-0.25, -0.2) is 0 Å². The van der Waals surface area contributed by atoms with Crippen LogP contribution in [0.25, 0.3) is 0 Å². The molecule has 1 heteroatoms. The largest absolute Gasteiger partial charge is 0.393 e. The molecule has 3 atom stereocenters. The average molecular weight is 228 g/mol. The Hall–Kier alpha value is -0.0400. The van der Waals surface area contributed by atoms with E-state index < -0.39 is 0 Å². The predicted octanol–water partition coefficient (Wildman–Crippen LogP) is 4.78. The summed E-state index contributed by atoms with van der Waals surface area (Å²) in [5.41, 5.74) is 0. The number of aliphatic hydroxyl groups excluding tert-OH is 1. The molecule has 0 aliphatic rings. The summed E-state index contributed by atoms with van der Waals surface area (Å²) in [5, 5.41) is 9.39. The molecule has 0 aliphatic heterocycles. The van der Waals surface area contributed by atoms with E-state index in [2.05, 4.69) is 20.8 Å². The summed E-state index contributed by atoms with van der Waals surface area (Å²) >= 11 is 0. The molecular formula is C15H32O. The Kier molecular flexibility index (Phi) is 10.1. The van der Waals surface area contributed by atoms with Crippen LogP contribution >= 0.6 is 0 Å². The molecule has 0 spiro atoms. The smallest absolute Gasteiger partial charge is 0.0537 e.